The van der Waals surface area contributed by atoms with Crippen molar-refractivity contribution in [1.29, 1.82) is 0 Å². The Bertz CT molecular complexity index is 3540. The van der Waals surface area contributed by atoms with Crippen molar-refractivity contribution in [2.75, 3.05) is 0 Å². The Balaban J connectivity index is 1.54. The summed E-state index contributed by atoms with van der Waals surface area (Å²) in [5.74, 6) is -6.17. The molecule has 5 aliphatic rings. The minimum absolute atomic E-state index is 1.42. The van der Waals surface area contributed by atoms with Gasteiger partial charge in [-0.2, -0.15) is 105 Å². The third kappa shape index (κ3) is 8.25. The molecule has 0 saturated carbocycles. The van der Waals surface area contributed by atoms with Crippen LogP contribution in [0.2, 0.25) is 0 Å². The lowest BCUT2D eigenvalue weighted by Gasteiger charge is -2.22. The number of hydrogen-bond acceptors (Lipinski definition) is 14. The van der Waals surface area contributed by atoms with E-state index in [-0.39, 0.29) is 0 Å². The van der Waals surface area contributed by atoms with Crippen LogP contribution >= 0.6 is 0 Å². The number of nitrogens with one attached hydrogen (secondary N) is 2. The molecule has 72 heavy (non-hydrogen) atoms. The standard InChI is InChI=1S/C32H4F24N16/c33-25(34,35)9-10(26(36,37)38)58-2-1(57-9)17-65-18(2)70-20-5-6(62-14(30(48,49)50)13(61-5)29(45,46)47)22(67-20)72-24-8-7(63-15(31(51,52)53)16(64-8)32(54,55)56)23(68-24)71-21-4-3(19(66-21)69-17)59-11(27(39,40)41)12(60-4)28(42,43)44/h1,3H,(H,65,66,69)(H,67,68,70,71,72). The van der Waals surface area contributed by atoms with Crippen LogP contribution in [0.1, 0.15) is 46.5 Å². The first-order valence-corrected chi connectivity index (χ1v) is 18.0. The molecule has 0 amide bonds. The van der Waals surface area contributed by atoms with Crippen LogP contribution in [0.25, 0.3) is 56.8 Å². The van der Waals surface area contributed by atoms with E-state index in [2.05, 4.69) is 69.8 Å². The summed E-state index contributed by atoms with van der Waals surface area (Å²) in [5, 5.41) is 0. The molecule has 40 heteroatoms. The summed E-state index contributed by atoms with van der Waals surface area (Å²) >= 11 is 0. The lowest BCUT2D eigenvalue weighted by Crippen LogP contribution is -2.42. The zero-order valence-electron chi connectivity index (χ0n) is 32.5. The van der Waals surface area contributed by atoms with Crippen LogP contribution in [0.3, 0.4) is 0 Å². The molecule has 5 aliphatic heterocycles. The van der Waals surface area contributed by atoms with Crippen LogP contribution in [0.4, 0.5) is 105 Å². The van der Waals surface area contributed by atoms with E-state index in [0.29, 0.717) is 0 Å². The molecule has 0 fully saturated rings. The van der Waals surface area contributed by atoms with Crippen LogP contribution in [0, 0.1) is 0 Å². The maximum absolute atomic E-state index is 14.2. The fourth-order valence-corrected chi connectivity index (χ4v) is 6.83. The predicted molar refractivity (Wildman–Crippen MR) is 182 cm³/mol. The number of alkyl halides is 24. The molecule has 0 spiro atoms. The summed E-state index contributed by atoms with van der Waals surface area (Å²) in [6, 6.07) is -5.63. The van der Waals surface area contributed by atoms with E-state index in [0.717, 1.165) is 0 Å². The third-order valence-corrected chi connectivity index (χ3v) is 9.54. The molecule has 9 rings (SSSR count). The molecule has 0 radical (unpaired) electrons. The van der Waals surface area contributed by atoms with Crippen LogP contribution in [-0.4, -0.2) is 107 Å². The zero-order valence-corrected chi connectivity index (χ0v) is 32.5. The molecular weight excluding hydrogens is 1060 g/mol. The smallest absolute Gasteiger partial charge is 0.325 e. The molecule has 4 aromatic rings. The quantitative estimate of drug-likeness (QED) is 0.146. The van der Waals surface area contributed by atoms with E-state index in [9.17, 15) is 105 Å². The van der Waals surface area contributed by atoms with Crippen LogP contribution in [-0.2, 0) is 24.7 Å². The first kappa shape index (κ1) is 49.2. The maximum Gasteiger partial charge on any atom is 0.435 e. The number of H-pyrrole nitrogens is 2. The second kappa shape index (κ2) is 14.9. The maximum atomic E-state index is 14.2. The van der Waals surface area contributed by atoms with Gasteiger partial charge in [0.05, 0.1) is 0 Å². The highest BCUT2D eigenvalue weighted by Gasteiger charge is 2.56. The number of hydrogen-bond donors (Lipinski definition) is 2. The van der Waals surface area contributed by atoms with Gasteiger partial charge in [0.25, 0.3) is 0 Å². The third-order valence-electron chi connectivity index (χ3n) is 9.54. The highest BCUT2D eigenvalue weighted by atomic mass is 19.4. The molecule has 9 heterocycles. The minimum atomic E-state index is -6.16. The number of nitrogens with zero attached hydrogens (tertiary/aromatic N) is 14. The molecule has 2 N–H and O–H groups in total. The van der Waals surface area contributed by atoms with Crippen LogP contribution in [0.5, 0.6) is 0 Å². The molecule has 4 aromatic heterocycles. The Morgan fingerprint density at radius 3 is 1.18 bits per heavy atom. The van der Waals surface area contributed by atoms with Crippen molar-refractivity contribution < 1.29 is 105 Å². The molecular formula is C32H4F24N16. The molecule has 380 valence electrons. The second-order valence-electron chi connectivity index (χ2n) is 14.4. The van der Waals surface area contributed by atoms with E-state index >= 15 is 0 Å². The lowest BCUT2D eigenvalue weighted by atomic mass is 10.1. The number of aliphatic imine (C=N–C) groups is 4. The number of fused-ring (bicyclic) bond motifs is 18. The van der Waals surface area contributed by atoms with Gasteiger partial charge in [0.2, 0.25) is 0 Å². The van der Waals surface area contributed by atoms with Crippen molar-refractivity contribution in [3.8, 4) is 23.0 Å². The van der Waals surface area contributed by atoms with E-state index in [1.165, 1.54) is 0 Å². The summed E-state index contributed by atoms with van der Waals surface area (Å²) in [7, 11) is 0. The molecule has 16 nitrogen and oxygen atoms in total. The first-order valence-electron chi connectivity index (χ1n) is 18.0. The van der Waals surface area contributed by atoms with Gasteiger partial charge in [-0.3, -0.25) is 9.98 Å². The second-order valence-corrected chi connectivity index (χ2v) is 14.4. The monoisotopic (exact) mass is 1070 g/mol. The van der Waals surface area contributed by atoms with Gasteiger partial charge in [-0.1, -0.05) is 0 Å². The van der Waals surface area contributed by atoms with Gasteiger partial charge in [0.1, 0.15) is 39.6 Å². The number of aromatic amines is 2. The SMILES string of the molecule is FC(F)(F)C1=NC2=c3nc4nc(nc5[nH]c(nc6[nH]c(nc(n3)C2N=C1C(F)(F)F)C1N=C(C(F)(F)F)C(C(F)(F)F)=NC=61)c1nc(C(F)(F)F)c(C(F)(F)F)nc51)-c1nc(C(F)(F)F)c(C(F)(F)F)nc1-4. The van der Waals surface area contributed by atoms with Gasteiger partial charge < -0.3 is 9.97 Å². The fourth-order valence-electron chi connectivity index (χ4n) is 6.83. The van der Waals surface area contributed by atoms with Crippen LogP contribution < -0.4 is 11.0 Å². The Labute approximate surface area is 372 Å². The van der Waals surface area contributed by atoms with Crippen molar-refractivity contribution in [2.45, 2.75) is 61.5 Å². The topological polar surface area (TPSA) is 210 Å². The minimum Gasteiger partial charge on any atom is -0.325 e. The van der Waals surface area contributed by atoms with Crippen molar-refractivity contribution in [1.82, 2.24) is 59.8 Å². The van der Waals surface area contributed by atoms with Gasteiger partial charge >= 0.3 is 49.4 Å². The first-order chi connectivity index (χ1) is 32.7. The Morgan fingerprint density at radius 1 is 0.333 bits per heavy atom. The molecule has 2 atom stereocenters. The highest BCUT2D eigenvalue weighted by molar-refractivity contribution is 6.48. The molecule has 8 bridgehead atoms. The van der Waals surface area contributed by atoms with E-state index in [1.807, 2.05) is 9.97 Å². The van der Waals surface area contributed by atoms with E-state index in [4.69, 9.17) is 0 Å². The summed E-state index contributed by atoms with van der Waals surface area (Å²) in [4.78, 5) is 47.8. The normalized spacial score (nSPS) is 18.6. The highest BCUT2D eigenvalue weighted by Crippen LogP contribution is 2.45. The van der Waals surface area contributed by atoms with Gasteiger partial charge in [-0.25, -0.2) is 59.8 Å². The molecule has 2 unspecified atom stereocenters. The fraction of sp³-hybridized carbons (Fsp3) is 0.312. The van der Waals surface area contributed by atoms with Crippen molar-refractivity contribution >= 4 is 56.6 Å². The van der Waals surface area contributed by atoms with Crippen molar-refractivity contribution in [3.63, 3.8) is 0 Å². The van der Waals surface area contributed by atoms with Crippen molar-refractivity contribution in [2.24, 2.45) is 20.0 Å². The Hall–Kier alpha value is -7.74. The van der Waals surface area contributed by atoms with Gasteiger partial charge in [0.15, 0.2) is 97.4 Å². The molecule has 0 aromatic carbocycles. The van der Waals surface area contributed by atoms with Crippen molar-refractivity contribution in [3.05, 3.63) is 45.4 Å². The van der Waals surface area contributed by atoms with Gasteiger partial charge in [-0.15, -0.1) is 0 Å². The molecule has 0 saturated heterocycles. The lowest BCUT2D eigenvalue weighted by molar-refractivity contribution is -0.167. The Morgan fingerprint density at radius 2 is 0.736 bits per heavy atom. The Kier molecular flexibility index (Phi) is 10.2. The number of aromatic nitrogens is 12. The summed E-state index contributed by atoms with van der Waals surface area (Å²) < 4.78 is 340. The summed E-state index contributed by atoms with van der Waals surface area (Å²) in [5.41, 5.74) is -38.9. The molecule has 0 aliphatic carbocycles. The predicted octanol–water partition coefficient (Wildman–Crippen LogP) is 7.50. The van der Waals surface area contributed by atoms with E-state index in [1.54, 1.807) is 0 Å². The average Bonchev–Trinajstić information content (AvgIpc) is 3.94. The van der Waals surface area contributed by atoms with Gasteiger partial charge in [0, 0.05) is 0 Å². The van der Waals surface area contributed by atoms with E-state index < -0.39 is 186 Å². The zero-order chi connectivity index (χ0) is 53.2. The average molecular weight is 1070 g/mol. The van der Waals surface area contributed by atoms with Crippen LogP contribution in [0.15, 0.2) is 20.0 Å². The number of rotatable bonds is 0. The summed E-state index contributed by atoms with van der Waals surface area (Å²) in [6.45, 7) is 0. The summed E-state index contributed by atoms with van der Waals surface area (Å²) in [6.07, 6.45) is -49.1. The largest absolute Gasteiger partial charge is 0.435 e. The number of halogens is 24. The van der Waals surface area contributed by atoms with Gasteiger partial charge in [-0.05, 0) is 0 Å².